The summed E-state index contributed by atoms with van der Waals surface area (Å²) in [5, 5.41) is 5.61. The molecule has 0 spiro atoms. The molecule has 1 saturated carbocycles. The van der Waals surface area contributed by atoms with Crippen LogP contribution in [0.5, 0.6) is 0 Å². The van der Waals surface area contributed by atoms with Crippen LogP contribution in [0.3, 0.4) is 0 Å². The van der Waals surface area contributed by atoms with E-state index in [2.05, 4.69) is 15.3 Å². The number of carbonyl (C=O) groups excluding carboxylic acids is 2. The van der Waals surface area contributed by atoms with E-state index in [0.29, 0.717) is 12.5 Å². The van der Waals surface area contributed by atoms with Crippen molar-refractivity contribution in [3.8, 4) is 0 Å². The van der Waals surface area contributed by atoms with Gasteiger partial charge in [-0.15, -0.1) is 0 Å². The standard InChI is InChI=1S/C21H23F5N2O4/c1-19(2,3)31-17(29)11-4-5-15(8-11)27-18(30)20(21(24,25)26)10-16(28-32-20)12-6-13(22)9-14(23)7-12/h6-7,9,11,15H,4-5,8,10H2,1-3H3,(H,27,30). The Morgan fingerprint density at radius 1 is 1.12 bits per heavy atom. The molecule has 1 fully saturated rings. The first kappa shape index (κ1) is 23.9. The van der Waals surface area contributed by atoms with Gasteiger partial charge in [-0.2, -0.15) is 13.2 Å². The molecule has 1 amide bonds. The predicted octanol–water partition coefficient (Wildman–Crippen LogP) is 4.02. The van der Waals surface area contributed by atoms with E-state index in [9.17, 15) is 31.5 Å². The van der Waals surface area contributed by atoms with Crippen molar-refractivity contribution in [2.45, 2.75) is 69.9 Å². The number of ether oxygens (including phenoxy) is 1. The van der Waals surface area contributed by atoms with Crippen LogP contribution in [0.4, 0.5) is 22.0 Å². The maximum Gasteiger partial charge on any atom is 0.440 e. The third-order valence-electron chi connectivity index (χ3n) is 5.26. The zero-order chi connectivity index (χ0) is 23.9. The van der Waals surface area contributed by atoms with Crippen molar-refractivity contribution >= 4 is 17.6 Å². The summed E-state index contributed by atoms with van der Waals surface area (Å²) in [4.78, 5) is 29.5. The first-order chi connectivity index (χ1) is 14.7. The number of alkyl halides is 3. The molecule has 11 heteroatoms. The number of nitrogens with one attached hydrogen (secondary N) is 1. The van der Waals surface area contributed by atoms with Crippen molar-refractivity contribution in [3.63, 3.8) is 0 Å². The van der Waals surface area contributed by atoms with Crippen molar-refractivity contribution < 1.29 is 41.1 Å². The molecule has 1 aliphatic heterocycles. The van der Waals surface area contributed by atoms with E-state index in [1.165, 1.54) is 0 Å². The Morgan fingerprint density at radius 3 is 2.31 bits per heavy atom. The molecule has 3 unspecified atom stereocenters. The molecule has 0 bridgehead atoms. The number of hydrogen-bond donors (Lipinski definition) is 1. The highest BCUT2D eigenvalue weighted by Gasteiger charge is 2.67. The Balaban J connectivity index is 1.71. The molecule has 0 saturated heterocycles. The molecular weight excluding hydrogens is 439 g/mol. The van der Waals surface area contributed by atoms with Crippen molar-refractivity contribution in [1.29, 1.82) is 0 Å². The minimum Gasteiger partial charge on any atom is -0.460 e. The fraction of sp³-hybridized carbons (Fsp3) is 0.571. The molecule has 1 aromatic rings. The summed E-state index contributed by atoms with van der Waals surface area (Å²) in [5.74, 6) is -4.51. The maximum absolute atomic E-state index is 13.9. The molecule has 176 valence electrons. The van der Waals surface area contributed by atoms with Gasteiger partial charge in [0.25, 0.3) is 5.91 Å². The van der Waals surface area contributed by atoms with Gasteiger partial charge in [-0.3, -0.25) is 9.59 Å². The molecular formula is C21H23F5N2O4. The Hall–Kier alpha value is -2.72. The second-order valence-corrected chi connectivity index (χ2v) is 9.00. The number of nitrogens with zero attached hydrogens (tertiary/aromatic N) is 1. The third kappa shape index (κ3) is 5.02. The lowest BCUT2D eigenvalue weighted by atomic mass is 9.92. The Kier molecular flexibility index (Phi) is 6.23. The zero-order valence-corrected chi connectivity index (χ0v) is 17.7. The van der Waals surface area contributed by atoms with Crippen LogP contribution in [-0.4, -0.2) is 41.0 Å². The van der Waals surface area contributed by atoms with Crippen LogP contribution in [0.25, 0.3) is 0 Å². The summed E-state index contributed by atoms with van der Waals surface area (Å²) in [6, 6.07) is 1.47. The molecule has 1 heterocycles. The van der Waals surface area contributed by atoms with Crippen LogP contribution < -0.4 is 5.32 Å². The summed E-state index contributed by atoms with van der Waals surface area (Å²) in [5.41, 5.74) is -4.71. The smallest absolute Gasteiger partial charge is 0.440 e. The van der Waals surface area contributed by atoms with Crippen molar-refractivity contribution in [3.05, 3.63) is 35.4 Å². The fourth-order valence-corrected chi connectivity index (χ4v) is 3.72. The van der Waals surface area contributed by atoms with E-state index in [1.807, 2.05) is 0 Å². The second kappa shape index (κ2) is 8.32. The van der Waals surface area contributed by atoms with E-state index >= 15 is 0 Å². The van der Waals surface area contributed by atoms with Crippen molar-refractivity contribution in [2.24, 2.45) is 11.1 Å². The minimum atomic E-state index is -5.16. The normalized spacial score (nSPS) is 25.8. The highest BCUT2D eigenvalue weighted by Crippen LogP contribution is 2.42. The molecule has 3 atom stereocenters. The molecule has 1 aliphatic carbocycles. The maximum atomic E-state index is 13.9. The lowest BCUT2D eigenvalue weighted by molar-refractivity contribution is -0.259. The predicted molar refractivity (Wildman–Crippen MR) is 102 cm³/mol. The van der Waals surface area contributed by atoms with Crippen LogP contribution in [0, 0.1) is 17.6 Å². The third-order valence-corrected chi connectivity index (χ3v) is 5.26. The molecule has 0 aromatic heterocycles. The number of rotatable bonds is 4. The van der Waals surface area contributed by atoms with Gasteiger partial charge in [0.15, 0.2) is 0 Å². The van der Waals surface area contributed by atoms with E-state index in [0.717, 1.165) is 12.1 Å². The number of oxime groups is 1. The molecule has 32 heavy (non-hydrogen) atoms. The lowest BCUT2D eigenvalue weighted by Gasteiger charge is -2.29. The molecule has 6 nitrogen and oxygen atoms in total. The number of esters is 1. The molecule has 0 radical (unpaired) electrons. The van der Waals surface area contributed by atoms with Gasteiger partial charge < -0.3 is 14.9 Å². The van der Waals surface area contributed by atoms with Crippen molar-refractivity contribution in [1.82, 2.24) is 5.32 Å². The summed E-state index contributed by atoms with van der Waals surface area (Å²) in [6.45, 7) is 5.10. The first-order valence-electron chi connectivity index (χ1n) is 10.0. The SMILES string of the molecule is CC(C)(C)OC(=O)C1CCC(NC(=O)C2(C(F)(F)F)CC(c3cc(F)cc(F)c3)=NO2)C1. The fourth-order valence-electron chi connectivity index (χ4n) is 3.72. The van der Waals surface area contributed by atoms with Crippen LogP contribution >= 0.6 is 0 Å². The molecule has 1 N–H and O–H groups in total. The average molecular weight is 462 g/mol. The van der Waals surface area contributed by atoms with Gasteiger partial charge in [0.2, 0.25) is 0 Å². The highest BCUT2D eigenvalue weighted by atomic mass is 19.4. The van der Waals surface area contributed by atoms with E-state index in [-0.39, 0.29) is 18.4 Å². The number of halogens is 5. The van der Waals surface area contributed by atoms with Gasteiger partial charge in [-0.05, 0) is 52.2 Å². The Labute approximate surface area is 181 Å². The van der Waals surface area contributed by atoms with E-state index in [4.69, 9.17) is 4.74 Å². The van der Waals surface area contributed by atoms with Crippen LogP contribution in [0.1, 0.15) is 52.0 Å². The first-order valence-corrected chi connectivity index (χ1v) is 10.0. The number of benzene rings is 1. The van der Waals surface area contributed by atoms with Gasteiger partial charge >= 0.3 is 17.7 Å². The largest absolute Gasteiger partial charge is 0.460 e. The Morgan fingerprint density at radius 2 is 1.75 bits per heavy atom. The highest BCUT2D eigenvalue weighted by molar-refractivity contribution is 6.05. The summed E-state index contributed by atoms with van der Waals surface area (Å²) in [7, 11) is 0. The second-order valence-electron chi connectivity index (χ2n) is 9.00. The topological polar surface area (TPSA) is 77.0 Å². The molecule has 1 aromatic carbocycles. The van der Waals surface area contributed by atoms with Gasteiger partial charge in [-0.25, -0.2) is 8.78 Å². The lowest BCUT2D eigenvalue weighted by Crippen LogP contribution is -2.58. The number of hydrogen-bond acceptors (Lipinski definition) is 5. The summed E-state index contributed by atoms with van der Waals surface area (Å²) < 4.78 is 73.9. The van der Waals surface area contributed by atoms with Crippen molar-refractivity contribution in [2.75, 3.05) is 0 Å². The van der Waals surface area contributed by atoms with E-state index < -0.39 is 65.0 Å². The van der Waals surface area contributed by atoms with Gasteiger partial charge in [-0.1, -0.05) is 5.16 Å². The van der Waals surface area contributed by atoms with Gasteiger partial charge in [0, 0.05) is 17.7 Å². The summed E-state index contributed by atoms with van der Waals surface area (Å²) in [6.07, 6.45) is -5.45. The molecule has 3 rings (SSSR count). The quantitative estimate of drug-likeness (QED) is 0.542. The van der Waals surface area contributed by atoms with Crippen LogP contribution in [-0.2, 0) is 19.2 Å². The minimum absolute atomic E-state index is 0.122. The number of amides is 1. The average Bonchev–Trinajstić information content (AvgIpc) is 3.26. The van der Waals surface area contributed by atoms with E-state index in [1.54, 1.807) is 20.8 Å². The van der Waals surface area contributed by atoms with Crippen LogP contribution in [0.2, 0.25) is 0 Å². The monoisotopic (exact) mass is 462 g/mol. The Bertz CT molecular complexity index is 921. The zero-order valence-electron chi connectivity index (χ0n) is 17.7. The van der Waals surface area contributed by atoms with Gasteiger partial charge in [0.05, 0.1) is 18.1 Å². The van der Waals surface area contributed by atoms with Gasteiger partial charge in [0.1, 0.15) is 17.2 Å². The van der Waals surface area contributed by atoms with Crippen LogP contribution in [0.15, 0.2) is 23.4 Å². The summed E-state index contributed by atoms with van der Waals surface area (Å²) >= 11 is 0. The molecule has 2 aliphatic rings. The number of carbonyl (C=O) groups is 2.